The number of nitrogens with zero attached hydrogens (tertiary/aromatic N) is 3. The van der Waals surface area contributed by atoms with Crippen molar-refractivity contribution in [3.63, 3.8) is 0 Å². The first-order valence-electron chi connectivity index (χ1n) is 8.29. The summed E-state index contributed by atoms with van der Waals surface area (Å²) in [5, 5.41) is 11.3. The Morgan fingerprint density at radius 1 is 1.21 bits per heavy atom. The molecule has 11 heteroatoms. The number of thioether (sulfide) groups is 1. The van der Waals surface area contributed by atoms with E-state index >= 15 is 0 Å². The maximum absolute atomic E-state index is 12.6. The summed E-state index contributed by atoms with van der Waals surface area (Å²) in [7, 11) is -2.06. The zero-order chi connectivity index (χ0) is 21.0. The van der Waals surface area contributed by atoms with E-state index in [2.05, 4.69) is 15.5 Å². The minimum Gasteiger partial charge on any atom is -0.296 e. The Morgan fingerprint density at radius 2 is 1.93 bits per heavy atom. The number of nitrogens with one attached hydrogen (secondary N) is 1. The average molecular weight is 469 g/mol. The first kappa shape index (κ1) is 21.6. The van der Waals surface area contributed by atoms with Gasteiger partial charge >= 0.3 is 0 Å². The number of aromatic nitrogens is 2. The van der Waals surface area contributed by atoms with E-state index in [1.165, 1.54) is 48.3 Å². The van der Waals surface area contributed by atoms with Crippen LogP contribution in [0.1, 0.15) is 15.9 Å². The quantitative estimate of drug-likeness (QED) is 0.414. The van der Waals surface area contributed by atoms with Gasteiger partial charge < -0.3 is 0 Å². The van der Waals surface area contributed by atoms with Crippen LogP contribution in [0.5, 0.6) is 0 Å². The van der Waals surface area contributed by atoms with Gasteiger partial charge in [-0.1, -0.05) is 65.0 Å². The number of sulfonamides is 1. The first-order valence-corrected chi connectivity index (χ1v) is 12.3. The normalized spacial score (nSPS) is 11.3. The van der Waals surface area contributed by atoms with E-state index in [1.807, 2.05) is 30.3 Å². The van der Waals surface area contributed by atoms with Gasteiger partial charge in [-0.25, -0.2) is 8.42 Å². The lowest BCUT2D eigenvalue weighted by molar-refractivity contribution is 0.102. The van der Waals surface area contributed by atoms with Crippen LogP contribution >= 0.6 is 34.7 Å². The summed E-state index contributed by atoms with van der Waals surface area (Å²) < 4.78 is 25.3. The molecule has 7 nitrogen and oxygen atoms in total. The van der Waals surface area contributed by atoms with Gasteiger partial charge in [0.1, 0.15) is 0 Å². The van der Waals surface area contributed by atoms with Crippen LogP contribution in [-0.4, -0.2) is 37.8 Å². The highest BCUT2D eigenvalue weighted by Gasteiger charge is 2.18. The summed E-state index contributed by atoms with van der Waals surface area (Å²) >= 11 is 8.91. The second kappa shape index (κ2) is 9.12. The molecule has 3 aromatic rings. The van der Waals surface area contributed by atoms with Crippen molar-refractivity contribution in [2.75, 3.05) is 22.9 Å². The largest absolute Gasteiger partial charge is 0.296 e. The third-order valence-electron chi connectivity index (χ3n) is 3.89. The molecule has 0 aliphatic carbocycles. The number of anilines is 2. The second-order valence-corrected chi connectivity index (χ2v) is 10.6. The summed E-state index contributed by atoms with van der Waals surface area (Å²) in [4.78, 5) is 12.6. The van der Waals surface area contributed by atoms with Gasteiger partial charge in [0.05, 0.1) is 22.5 Å². The zero-order valence-corrected chi connectivity index (χ0v) is 18.7. The molecule has 152 valence electrons. The fourth-order valence-corrected chi connectivity index (χ4v) is 4.68. The highest BCUT2D eigenvalue weighted by atomic mass is 35.5. The second-order valence-electron chi connectivity index (χ2n) is 6.00. The van der Waals surface area contributed by atoms with Crippen molar-refractivity contribution in [1.82, 2.24) is 10.2 Å². The summed E-state index contributed by atoms with van der Waals surface area (Å²) in [6.07, 6.45) is 1.08. The minimum absolute atomic E-state index is 0.147. The van der Waals surface area contributed by atoms with E-state index in [0.29, 0.717) is 10.8 Å². The van der Waals surface area contributed by atoms with Crippen molar-refractivity contribution in [3.8, 4) is 0 Å². The Kier molecular flexibility index (Phi) is 6.78. The van der Waals surface area contributed by atoms with E-state index in [0.717, 1.165) is 26.2 Å². The molecule has 1 heterocycles. The number of carbonyl (C=O) groups is 1. The van der Waals surface area contributed by atoms with Crippen LogP contribution in [0.25, 0.3) is 0 Å². The maximum atomic E-state index is 12.6. The van der Waals surface area contributed by atoms with Gasteiger partial charge in [-0.3, -0.25) is 14.4 Å². The number of hydrogen-bond donors (Lipinski definition) is 1. The molecule has 29 heavy (non-hydrogen) atoms. The molecule has 0 aliphatic rings. The lowest BCUT2D eigenvalue weighted by Crippen LogP contribution is -2.25. The van der Waals surface area contributed by atoms with E-state index < -0.39 is 15.9 Å². The fraction of sp³-hybridized carbons (Fsp3) is 0.167. The summed E-state index contributed by atoms with van der Waals surface area (Å²) in [6, 6.07) is 14.4. The van der Waals surface area contributed by atoms with Crippen molar-refractivity contribution in [2.24, 2.45) is 0 Å². The van der Waals surface area contributed by atoms with Gasteiger partial charge in [-0.2, -0.15) is 0 Å². The highest BCUT2D eigenvalue weighted by Crippen LogP contribution is 2.29. The molecule has 3 rings (SSSR count). The van der Waals surface area contributed by atoms with E-state index in [9.17, 15) is 13.2 Å². The van der Waals surface area contributed by atoms with Crippen molar-refractivity contribution < 1.29 is 13.2 Å². The molecule has 0 saturated carbocycles. The van der Waals surface area contributed by atoms with Crippen LogP contribution in [-0.2, 0) is 15.8 Å². The molecule has 0 aliphatic heterocycles. The lowest BCUT2D eigenvalue weighted by atomic mass is 10.2. The van der Waals surface area contributed by atoms with E-state index in [4.69, 9.17) is 11.6 Å². The predicted molar refractivity (Wildman–Crippen MR) is 119 cm³/mol. The lowest BCUT2D eigenvalue weighted by Gasteiger charge is -2.17. The van der Waals surface area contributed by atoms with Gasteiger partial charge in [0.15, 0.2) is 4.34 Å². The third kappa shape index (κ3) is 5.69. The predicted octanol–water partition coefficient (Wildman–Crippen LogP) is 4.13. The van der Waals surface area contributed by atoms with Crippen molar-refractivity contribution in [1.29, 1.82) is 0 Å². The third-order valence-corrected chi connectivity index (χ3v) is 7.47. The Labute approximate surface area is 182 Å². The van der Waals surface area contributed by atoms with Crippen LogP contribution in [0.2, 0.25) is 5.02 Å². The molecule has 2 aromatic carbocycles. The van der Waals surface area contributed by atoms with Crippen molar-refractivity contribution in [2.45, 2.75) is 10.1 Å². The van der Waals surface area contributed by atoms with Crippen LogP contribution in [0.3, 0.4) is 0 Å². The van der Waals surface area contributed by atoms with Crippen LogP contribution in [0.4, 0.5) is 10.8 Å². The number of hydrogen-bond acceptors (Lipinski definition) is 7. The molecule has 0 radical (unpaired) electrons. The Bertz CT molecular complexity index is 1120. The molecule has 1 N–H and O–H groups in total. The van der Waals surface area contributed by atoms with E-state index in [1.54, 1.807) is 0 Å². The molecular weight excluding hydrogens is 452 g/mol. The van der Waals surface area contributed by atoms with Gasteiger partial charge in [0.25, 0.3) is 5.91 Å². The molecule has 0 unspecified atom stereocenters. The molecule has 0 bridgehead atoms. The molecule has 1 aromatic heterocycles. The molecule has 1 amide bonds. The number of halogens is 1. The number of amides is 1. The smallest absolute Gasteiger partial charge is 0.259 e. The standard InChI is InChI=1S/C18H17ClN4O3S3/c1-23(29(2,25)26)13-8-9-15(19)14(10-13)16(24)20-17-21-22-18(28-17)27-11-12-6-4-3-5-7-12/h3-10H,11H2,1-2H3,(H,20,21,24). The van der Waals surface area contributed by atoms with Gasteiger partial charge in [-0.05, 0) is 23.8 Å². The monoisotopic (exact) mass is 468 g/mol. The van der Waals surface area contributed by atoms with E-state index in [-0.39, 0.29) is 10.6 Å². The molecule has 0 atom stereocenters. The van der Waals surface area contributed by atoms with Crippen LogP contribution in [0.15, 0.2) is 52.9 Å². The average Bonchev–Trinajstić information content (AvgIpc) is 3.13. The highest BCUT2D eigenvalue weighted by molar-refractivity contribution is 8.00. The summed E-state index contributed by atoms with van der Waals surface area (Å²) in [6.45, 7) is 0. The summed E-state index contributed by atoms with van der Waals surface area (Å²) in [5.74, 6) is 0.254. The number of benzene rings is 2. The zero-order valence-electron chi connectivity index (χ0n) is 15.5. The Balaban J connectivity index is 1.70. The van der Waals surface area contributed by atoms with Crippen molar-refractivity contribution in [3.05, 3.63) is 64.7 Å². The number of rotatable bonds is 7. The SMILES string of the molecule is CN(c1ccc(Cl)c(C(=O)Nc2nnc(SCc3ccccc3)s2)c1)S(C)(=O)=O. The maximum Gasteiger partial charge on any atom is 0.259 e. The molecular formula is C18H17ClN4O3S3. The topological polar surface area (TPSA) is 92.3 Å². The van der Waals surface area contributed by atoms with Gasteiger partial charge in [0.2, 0.25) is 15.2 Å². The van der Waals surface area contributed by atoms with Gasteiger partial charge in [0, 0.05) is 12.8 Å². The van der Waals surface area contributed by atoms with Crippen LogP contribution in [0, 0.1) is 0 Å². The van der Waals surface area contributed by atoms with Crippen molar-refractivity contribution >= 4 is 61.4 Å². The summed E-state index contributed by atoms with van der Waals surface area (Å²) in [5.41, 5.74) is 1.64. The molecule has 0 fully saturated rings. The molecule has 0 saturated heterocycles. The Hall–Kier alpha value is -2.14. The Morgan fingerprint density at radius 3 is 2.62 bits per heavy atom. The minimum atomic E-state index is -3.46. The fourth-order valence-electron chi connectivity index (χ4n) is 2.28. The first-order chi connectivity index (χ1) is 13.7. The number of carbonyl (C=O) groups excluding carboxylic acids is 1. The molecule has 0 spiro atoms. The van der Waals surface area contributed by atoms with Gasteiger partial charge in [-0.15, -0.1) is 10.2 Å². The van der Waals surface area contributed by atoms with Crippen LogP contribution < -0.4 is 9.62 Å².